The Bertz CT molecular complexity index is 209. The van der Waals surface area contributed by atoms with Crippen LogP contribution in [0.1, 0.15) is 58.8 Å². The molecule has 2 unspecified atom stereocenters. The predicted molar refractivity (Wildman–Crippen MR) is 67.6 cm³/mol. The van der Waals surface area contributed by atoms with Crippen LogP contribution >= 0.6 is 0 Å². The van der Waals surface area contributed by atoms with Crippen molar-refractivity contribution in [2.45, 2.75) is 70.5 Å². The topological polar surface area (TPSA) is 21.3 Å². The molecule has 2 atom stereocenters. The van der Waals surface area contributed by atoms with Gasteiger partial charge in [-0.2, -0.15) is 0 Å². The van der Waals surface area contributed by atoms with E-state index in [-0.39, 0.29) is 5.60 Å². The van der Waals surface area contributed by atoms with E-state index in [0.29, 0.717) is 6.10 Å². The lowest BCUT2D eigenvalue weighted by Crippen LogP contribution is -2.52. The fraction of sp³-hybridized carbons (Fsp3) is 1.00. The summed E-state index contributed by atoms with van der Waals surface area (Å²) in [5, 5.41) is 3.56. The molecular weight excluding hydrogens is 198 g/mol. The Hall–Kier alpha value is -0.0800. The molecule has 0 amide bonds. The SMILES string of the molecule is CCCC1(C)CNCC(CC2CCCC2)O1. The van der Waals surface area contributed by atoms with Crippen LogP contribution in [0.15, 0.2) is 0 Å². The van der Waals surface area contributed by atoms with E-state index < -0.39 is 0 Å². The molecule has 1 aliphatic heterocycles. The molecule has 2 nitrogen and oxygen atoms in total. The summed E-state index contributed by atoms with van der Waals surface area (Å²) in [6.45, 7) is 6.61. The van der Waals surface area contributed by atoms with E-state index in [1.54, 1.807) is 0 Å². The summed E-state index contributed by atoms with van der Waals surface area (Å²) in [4.78, 5) is 0. The minimum Gasteiger partial charge on any atom is -0.369 e. The Morgan fingerprint density at radius 3 is 2.75 bits per heavy atom. The Morgan fingerprint density at radius 2 is 2.06 bits per heavy atom. The van der Waals surface area contributed by atoms with E-state index in [1.165, 1.54) is 44.9 Å². The maximum absolute atomic E-state index is 6.31. The first-order chi connectivity index (χ1) is 7.72. The van der Waals surface area contributed by atoms with E-state index in [2.05, 4.69) is 19.2 Å². The standard InChI is InChI=1S/C14H27NO/c1-3-8-14(2)11-15-10-13(16-14)9-12-6-4-5-7-12/h12-13,15H,3-11H2,1-2H3. The third kappa shape index (κ3) is 3.21. The van der Waals surface area contributed by atoms with Crippen molar-refractivity contribution in [1.29, 1.82) is 0 Å². The van der Waals surface area contributed by atoms with Crippen LogP contribution in [0.5, 0.6) is 0 Å². The van der Waals surface area contributed by atoms with Crippen LogP contribution < -0.4 is 5.32 Å². The molecule has 1 saturated carbocycles. The number of nitrogens with one attached hydrogen (secondary N) is 1. The van der Waals surface area contributed by atoms with Gasteiger partial charge in [-0.15, -0.1) is 0 Å². The number of morpholine rings is 1. The molecule has 2 rings (SSSR count). The van der Waals surface area contributed by atoms with Crippen LogP contribution in [0.3, 0.4) is 0 Å². The van der Waals surface area contributed by atoms with Crippen molar-refractivity contribution in [2.75, 3.05) is 13.1 Å². The van der Waals surface area contributed by atoms with Gasteiger partial charge in [-0.1, -0.05) is 39.0 Å². The molecule has 0 aromatic heterocycles. The van der Waals surface area contributed by atoms with Gasteiger partial charge in [-0.05, 0) is 25.7 Å². The highest BCUT2D eigenvalue weighted by atomic mass is 16.5. The van der Waals surface area contributed by atoms with Crippen LogP contribution in [0.2, 0.25) is 0 Å². The highest BCUT2D eigenvalue weighted by molar-refractivity contribution is 4.86. The van der Waals surface area contributed by atoms with Crippen molar-refractivity contribution in [1.82, 2.24) is 5.32 Å². The lowest BCUT2D eigenvalue weighted by molar-refractivity contribution is -0.116. The highest BCUT2D eigenvalue weighted by Crippen LogP contribution is 2.32. The third-order valence-electron chi connectivity index (χ3n) is 4.17. The molecular formula is C14H27NO. The van der Waals surface area contributed by atoms with Crippen LogP contribution in [0, 0.1) is 5.92 Å². The Morgan fingerprint density at radius 1 is 1.31 bits per heavy atom. The maximum atomic E-state index is 6.31. The zero-order chi connectivity index (χ0) is 11.4. The summed E-state index contributed by atoms with van der Waals surface area (Å²) >= 11 is 0. The summed E-state index contributed by atoms with van der Waals surface area (Å²) < 4.78 is 6.31. The summed E-state index contributed by atoms with van der Waals surface area (Å²) in [6, 6.07) is 0. The van der Waals surface area contributed by atoms with Gasteiger partial charge in [0, 0.05) is 13.1 Å². The van der Waals surface area contributed by atoms with Gasteiger partial charge in [0.1, 0.15) is 0 Å². The quantitative estimate of drug-likeness (QED) is 0.794. The summed E-state index contributed by atoms with van der Waals surface area (Å²) in [5.41, 5.74) is 0.0935. The van der Waals surface area contributed by atoms with Crippen LogP contribution in [-0.2, 0) is 4.74 Å². The lowest BCUT2D eigenvalue weighted by atomic mass is 9.94. The van der Waals surface area contributed by atoms with E-state index in [0.717, 1.165) is 19.0 Å². The van der Waals surface area contributed by atoms with Gasteiger partial charge in [-0.3, -0.25) is 0 Å². The number of hydrogen-bond donors (Lipinski definition) is 1. The number of rotatable bonds is 4. The molecule has 1 aliphatic carbocycles. The minimum absolute atomic E-state index is 0.0935. The van der Waals surface area contributed by atoms with Gasteiger partial charge in [0.05, 0.1) is 11.7 Å². The fourth-order valence-electron chi connectivity index (χ4n) is 3.41. The zero-order valence-corrected chi connectivity index (χ0v) is 10.9. The van der Waals surface area contributed by atoms with Crippen LogP contribution in [0.4, 0.5) is 0 Å². The van der Waals surface area contributed by atoms with Crippen molar-refractivity contribution in [3.05, 3.63) is 0 Å². The molecule has 1 heterocycles. The molecule has 0 radical (unpaired) electrons. The molecule has 0 aromatic rings. The van der Waals surface area contributed by atoms with Crippen molar-refractivity contribution in [3.63, 3.8) is 0 Å². The molecule has 0 bridgehead atoms. The number of ether oxygens (including phenoxy) is 1. The first-order valence-electron chi connectivity index (χ1n) is 7.10. The molecule has 2 aliphatic rings. The molecule has 1 saturated heterocycles. The molecule has 1 N–H and O–H groups in total. The van der Waals surface area contributed by atoms with E-state index in [1.807, 2.05) is 0 Å². The second-order valence-electron chi connectivity index (χ2n) is 5.96. The second kappa shape index (κ2) is 5.50. The zero-order valence-electron chi connectivity index (χ0n) is 10.9. The fourth-order valence-corrected chi connectivity index (χ4v) is 3.41. The van der Waals surface area contributed by atoms with Crippen molar-refractivity contribution < 1.29 is 4.74 Å². The monoisotopic (exact) mass is 225 g/mol. The van der Waals surface area contributed by atoms with E-state index in [9.17, 15) is 0 Å². The summed E-state index contributed by atoms with van der Waals surface area (Å²) in [7, 11) is 0. The first-order valence-corrected chi connectivity index (χ1v) is 7.10. The van der Waals surface area contributed by atoms with Crippen LogP contribution in [0.25, 0.3) is 0 Å². The maximum Gasteiger partial charge on any atom is 0.0782 e. The van der Waals surface area contributed by atoms with Crippen LogP contribution in [-0.4, -0.2) is 24.8 Å². The smallest absolute Gasteiger partial charge is 0.0782 e. The predicted octanol–water partition coefficient (Wildman–Crippen LogP) is 3.11. The second-order valence-corrected chi connectivity index (χ2v) is 5.96. The van der Waals surface area contributed by atoms with E-state index in [4.69, 9.17) is 4.74 Å². The molecule has 2 fully saturated rings. The Balaban J connectivity index is 1.81. The normalized spacial score (nSPS) is 36.8. The van der Waals surface area contributed by atoms with Gasteiger partial charge < -0.3 is 10.1 Å². The largest absolute Gasteiger partial charge is 0.369 e. The van der Waals surface area contributed by atoms with Crippen molar-refractivity contribution >= 4 is 0 Å². The average molecular weight is 225 g/mol. The number of hydrogen-bond acceptors (Lipinski definition) is 2. The van der Waals surface area contributed by atoms with Gasteiger partial charge in [0.25, 0.3) is 0 Å². The average Bonchev–Trinajstić information content (AvgIpc) is 2.70. The first kappa shape index (κ1) is 12.4. The molecule has 0 spiro atoms. The Kier molecular flexibility index (Phi) is 4.26. The Labute approximate surface area is 100 Å². The molecule has 94 valence electrons. The highest BCUT2D eigenvalue weighted by Gasteiger charge is 2.33. The third-order valence-corrected chi connectivity index (χ3v) is 4.17. The van der Waals surface area contributed by atoms with Gasteiger partial charge >= 0.3 is 0 Å². The summed E-state index contributed by atoms with van der Waals surface area (Å²) in [6.07, 6.45) is 9.90. The van der Waals surface area contributed by atoms with E-state index >= 15 is 0 Å². The molecule has 0 aromatic carbocycles. The minimum atomic E-state index is 0.0935. The molecule has 16 heavy (non-hydrogen) atoms. The molecule has 2 heteroatoms. The van der Waals surface area contributed by atoms with Gasteiger partial charge in [-0.25, -0.2) is 0 Å². The lowest BCUT2D eigenvalue weighted by Gasteiger charge is -2.40. The van der Waals surface area contributed by atoms with Crippen molar-refractivity contribution in [3.8, 4) is 0 Å². The van der Waals surface area contributed by atoms with Gasteiger partial charge in [0.2, 0.25) is 0 Å². The van der Waals surface area contributed by atoms with Gasteiger partial charge in [0.15, 0.2) is 0 Å². The van der Waals surface area contributed by atoms with Crippen molar-refractivity contribution in [2.24, 2.45) is 5.92 Å². The summed E-state index contributed by atoms with van der Waals surface area (Å²) in [5.74, 6) is 0.941.